The highest BCUT2D eigenvalue weighted by molar-refractivity contribution is 7.89. The molecular formula is C19H15N5O2S. The zero-order valence-corrected chi connectivity index (χ0v) is 15.1. The van der Waals surface area contributed by atoms with Crippen LogP contribution in [0.2, 0.25) is 0 Å². The first-order valence-corrected chi connectivity index (χ1v) is 9.64. The molecule has 0 bridgehead atoms. The number of nitriles is 3. The smallest absolute Gasteiger partial charge is 0.244 e. The third kappa shape index (κ3) is 3.35. The molecule has 0 N–H and O–H groups in total. The van der Waals surface area contributed by atoms with E-state index in [0.29, 0.717) is 29.9 Å². The molecule has 1 fully saturated rings. The minimum absolute atomic E-state index is 0.00362. The number of sulfonamides is 1. The Morgan fingerprint density at radius 2 is 1.26 bits per heavy atom. The van der Waals surface area contributed by atoms with Crippen molar-refractivity contribution in [3.63, 3.8) is 0 Å². The van der Waals surface area contributed by atoms with Crippen molar-refractivity contribution in [2.75, 3.05) is 31.1 Å². The average Bonchev–Trinajstić information content (AvgIpc) is 2.73. The van der Waals surface area contributed by atoms with E-state index in [1.807, 2.05) is 11.0 Å². The van der Waals surface area contributed by atoms with E-state index in [9.17, 15) is 24.2 Å². The van der Waals surface area contributed by atoms with Crippen LogP contribution in [0.3, 0.4) is 0 Å². The van der Waals surface area contributed by atoms with Crippen molar-refractivity contribution in [2.45, 2.75) is 4.90 Å². The molecule has 7 nitrogen and oxygen atoms in total. The van der Waals surface area contributed by atoms with Crippen molar-refractivity contribution in [3.8, 4) is 18.2 Å². The maximum Gasteiger partial charge on any atom is 0.244 e. The van der Waals surface area contributed by atoms with Crippen LogP contribution in [0.1, 0.15) is 16.7 Å². The summed E-state index contributed by atoms with van der Waals surface area (Å²) in [5, 5.41) is 27.9. The second kappa shape index (κ2) is 7.47. The van der Waals surface area contributed by atoms with Gasteiger partial charge in [0.2, 0.25) is 10.0 Å². The van der Waals surface area contributed by atoms with Gasteiger partial charge in [0.1, 0.15) is 18.2 Å². The number of hydrogen-bond donors (Lipinski definition) is 0. The Kier molecular flexibility index (Phi) is 5.09. The average molecular weight is 377 g/mol. The molecule has 1 aliphatic rings. The first-order valence-electron chi connectivity index (χ1n) is 8.20. The van der Waals surface area contributed by atoms with Gasteiger partial charge in [-0.3, -0.25) is 0 Å². The quantitative estimate of drug-likeness (QED) is 0.806. The number of hydrogen-bond acceptors (Lipinski definition) is 6. The third-order valence-corrected chi connectivity index (χ3v) is 6.41. The van der Waals surface area contributed by atoms with Gasteiger partial charge >= 0.3 is 0 Å². The van der Waals surface area contributed by atoms with Crippen LogP contribution in [0.5, 0.6) is 0 Å². The molecule has 2 aromatic rings. The Labute approximate surface area is 157 Å². The van der Waals surface area contributed by atoms with Crippen molar-refractivity contribution in [2.24, 2.45) is 0 Å². The van der Waals surface area contributed by atoms with E-state index in [-0.39, 0.29) is 23.5 Å². The summed E-state index contributed by atoms with van der Waals surface area (Å²) in [7, 11) is -3.79. The lowest BCUT2D eigenvalue weighted by molar-refractivity contribution is 0.384. The van der Waals surface area contributed by atoms with Crippen LogP contribution >= 0.6 is 0 Å². The first kappa shape index (κ1) is 18.4. The summed E-state index contributed by atoms with van der Waals surface area (Å²) in [5.41, 5.74) is 1.43. The van der Waals surface area contributed by atoms with E-state index in [4.69, 9.17) is 0 Å². The molecular weight excluding hydrogens is 362 g/mol. The van der Waals surface area contributed by atoms with Gasteiger partial charge in [0, 0.05) is 26.2 Å². The number of rotatable bonds is 3. The van der Waals surface area contributed by atoms with Crippen LogP contribution in [0.15, 0.2) is 47.4 Å². The van der Waals surface area contributed by atoms with E-state index < -0.39 is 10.0 Å². The number of anilines is 1. The molecule has 134 valence electrons. The van der Waals surface area contributed by atoms with Gasteiger partial charge in [0.05, 0.1) is 27.3 Å². The fourth-order valence-corrected chi connectivity index (χ4v) is 4.70. The molecule has 8 heteroatoms. The molecule has 0 amide bonds. The van der Waals surface area contributed by atoms with Gasteiger partial charge in [0.25, 0.3) is 0 Å². The molecule has 1 aliphatic heterocycles. The van der Waals surface area contributed by atoms with Crippen LogP contribution in [-0.2, 0) is 10.0 Å². The molecule has 1 heterocycles. The summed E-state index contributed by atoms with van der Waals surface area (Å²) in [6, 6.07) is 17.2. The molecule has 0 aliphatic carbocycles. The van der Waals surface area contributed by atoms with E-state index >= 15 is 0 Å². The first-order chi connectivity index (χ1) is 13.0. The monoisotopic (exact) mass is 377 g/mol. The van der Waals surface area contributed by atoms with E-state index in [1.165, 1.54) is 16.4 Å². The van der Waals surface area contributed by atoms with E-state index in [2.05, 4.69) is 12.1 Å². The van der Waals surface area contributed by atoms with Gasteiger partial charge in [-0.25, -0.2) is 8.42 Å². The van der Waals surface area contributed by atoms with Gasteiger partial charge in [-0.05, 0) is 24.3 Å². The SMILES string of the molecule is N#Cc1ccccc1S(=O)(=O)N1CCN(c2c(C#N)cccc2C#N)CC1. The standard InChI is InChI=1S/C19H15N5O2S/c20-12-15-4-1-2-7-18(15)27(25,26)24-10-8-23(9-11-24)19-16(13-21)5-3-6-17(19)14-22/h1-7H,8-11H2. The summed E-state index contributed by atoms with van der Waals surface area (Å²) in [6.07, 6.45) is 0. The fourth-order valence-electron chi connectivity index (χ4n) is 3.14. The molecule has 0 unspecified atom stereocenters. The van der Waals surface area contributed by atoms with Crippen LogP contribution in [-0.4, -0.2) is 38.9 Å². The molecule has 3 rings (SSSR count). The largest absolute Gasteiger partial charge is 0.367 e. The Morgan fingerprint density at radius 1 is 0.741 bits per heavy atom. The van der Waals surface area contributed by atoms with Crippen LogP contribution in [0.4, 0.5) is 5.69 Å². The maximum absolute atomic E-state index is 12.9. The Morgan fingerprint density at radius 3 is 1.81 bits per heavy atom. The second-order valence-electron chi connectivity index (χ2n) is 5.92. The summed E-state index contributed by atoms with van der Waals surface area (Å²) in [4.78, 5) is 1.86. The minimum Gasteiger partial charge on any atom is -0.367 e. The van der Waals surface area contributed by atoms with Gasteiger partial charge < -0.3 is 4.90 Å². The van der Waals surface area contributed by atoms with Gasteiger partial charge in [-0.2, -0.15) is 20.1 Å². The van der Waals surface area contributed by atoms with Crippen molar-refractivity contribution >= 4 is 15.7 Å². The van der Waals surface area contributed by atoms with Crippen molar-refractivity contribution in [1.82, 2.24) is 4.31 Å². The number of nitrogens with zero attached hydrogens (tertiary/aromatic N) is 5. The molecule has 0 radical (unpaired) electrons. The lowest BCUT2D eigenvalue weighted by Crippen LogP contribution is -2.49. The highest BCUT2D eigenvalue weighted by Crippen LogP contribution is 2.28. The molecule has 27 heavy (non-hydrogen) atoms. The Hall–Kier alpha value is -3.38. The van der Waals surface area contributed by atoms with Gasteiger partial charge in [-0.1, -0.05) is 18.2 Å². The highest BCUT2D eigenvalue weighted by atomic mass is 32.2. The lowest BCUT2D eigenvalue weighted by Gasteiger charge is -2.36. The predicted octanol–water partition coefficient (Wildman–Crippen LogP) is 1.81. The summed E-state index contributed by atoms with van der Waals surface area (Å²) >= 11 is 0. The lowest BCUT2D eigenvalue weighted by atomic mass is 10.1. The van der Waals surface area contributed by atoms with Gasteiger partial charge in [-0.15, -0.1) is 0 Å². The normalized spacial score (nSPS) is 14.8. The van der Waals surface area contributed by atoms with Crippen molar-refractivity contribution in [3.05, 3.63) is 59.2 Å². The zero-order valence-electron chi connectivity index (χ0n) is 14.3. The zero-order chi connectivity index (χ0) is 19.4. The van der Waals surface area contributed by atoms with Crippen LogP contribution in [0.25, 0.3) is 0 Å². The van der Waals surface area contributed by atoms with Crippen molar-refractivity contribution < 1.29 is 8.42 Å². The topological polar surface area (TPSA) is 112 Å². The number of piperazine rings is 1. The molecule has 0 saturated carbocycles. The summed E-state index contributed by atoms with van der Waals surface area (Å²) < 4.78 is 27.1. The molecule has 2 aromatic carbocycles. The second-order valence-corrected chi connectivity index (χ2v) is 7.83. The minimum atomic E-state index is -3.79. The van der Waals surface area contributed by atoms with Crippen molar-refractivity contribution in [1.29, 1.82) is 15.8 Å². The third-order valence-electron chi connectivity index (χ3n) is 4.46. The fraction of sp³-hybridized carbons (Fsp3) is 0.211. The van der Waals surface area contributed by atoms with E-state index in [1.54, 1.807) is 30.3 Å². The van der Waals surface area contributed by atoms with Gasteiger partial charge in [0.15, 0.2) is 0 Å². The molecule has 0 aromatic heterocycles. The Bertz CT molecular complexity index is 1070. The molecule has 0 atom stereocenters. The van der Waals surface area contributed by atoms with E-state index in [0.717, 1.165) is 0 Å². The summed E-state index contributed by atoms with van der Waals surface area (Å²) in [6.45, 7) is 1.10. The number of benzene rings is 2. The highest BCUT2D eigenvalue weighted by Gasteiger charge is 2.31. The van der Waals surface area contributed by atoms with Crippen LogP contribution in [0, 0.1) is 34.0 Å². The maximum atomic E-state index is 12.9. The molecule has 0 spiro atoms. The Balaban J connectivity index is 1.86. The molecule has 1 saturated heterocycles. The predicted molar refractivity (Wildman–Crippen MR) is 98.0 cm³/mol. The number of para-hydroxylation sites is 1. The van der Waals surface area contributed by atoms with Crippen LogP contribution < -0.4 is 4.90 Å². The summed E-state index contributed by atoms with van der Waals surface area (Å²) in [5.74, 6) is 0.